The van der Waals surface area contributed by atoms with Crippen molar-refractivity contribution in [2.75, 3.05) is 0 Å². The summed E-state index contributed by atoms with van der Waals surface area (Å²) in [5, 5.41) is 4.27. The van der Waals surface area contributed by atoms with Gasteiger partial charge >= 0.3 is 0 Å². The first-order valence-electron chi connectivity index (χ1n) is 6.72. The van der Waals surface area contributed by atoms with Crippen LogP contribution < -0.4 is 0 Å². The number of halogens is 3. The highest BCUT2D eigenvalue weighted by Gasteiger charge is 2.26. The van der Waals surface area contributed by atoms with Crippen LogP contribution in [-0.2, 0) is 4.74 Å². The van der Waals surface area contributed by atoms with Crippen LogP contribution in [0.1, 0.15) is 37.5 Å². The van der Waals surface area contributed by atoms with Crippen LogP contribution in [0.5, 0.6) is 0 Å². The molecule has 1 aliphatic heterocycles. The fraction of sp³-hybridized carbons (Fsp3) is 0.429. The molecule has 0 aromatic carbocycles. The monoisotopic (exact) mass is 313 g/mol. The zero-order chi connectivity index (χ0) is 14.8. The molecule has 0 N–H and O–H groups in total. The summed E-state index contributed by atoms with van der Waals surface area (Å²) < 4.78 is 33.5. The summed E-state index contributed by atoms with van der Waals surface area (Å²) in [6.45, 7) is 0. The van der Waals surface area contributed by atoms with Gasteiger partial charge in [0.15, 0.2) is 6.23 Å². The maximum atomic E-state index is 13.2. The number of hydrogen-bond acceptors (Lipinski definition) is 3. The second-order valence-corrected chi connectivity index (χ2v) is 5.37. The molecule has 0 saturated carbocycles. The van der Waals surface area contributed by atoms with Crippen molar-refractivity contribution < 1.29 is 13.5 Å². The van der Waals surface area contributed by atoms with Crippen molar-refractivity contribution in [3.05, 3.63) is 36.3 Å². The first-order chi connectivity index (χ1) is 10.1. The van der Waals surface area contributed by atoms with Gasteiger partial charge < -0.3 is 4.74 Å². The lowest BCUT2D eigenvalue weighted by molar-refractivity contribution is -0.0598. The SMILES string of the molecule is FC(F)c1cn(C2CCCC(Cl)O2)nc1-c1cccnc1. The minimum absolute atomic E-state index is 0.122. The maximum Gasteiger partial charge on any atom is 0.267 e. The van der Waals surface area contributed by atoms with E-state index >= 15 is 0 Å². The van der Waals surface area contributed by atoms with Gasteiger partial charge in [-0.3, -0.25) is 4.98 Å². The van der Waals surface area contributed by atoms with Gasteiger partial charge in [0.2, 0.25) is 0 Å². The highest BCUT2D eigenvalue weighted by atomic mass is 35.5. The van der Waals surface area contributed by atoms with Crippen LogP contribution in [0, 0.1) is 0 Å². The fourth-order valence-electron chi connectivity index (χ4n) is 2.39. The maximum absolute atomic E-state index is 13.2. The van der Waals surface area contributed by atoms with E-state index in [9.17, 15) is 8.78 Å². The largest absolute Gasteiger partial charge is 0.338 e. The number of nitrogens with zero attached hydrogens (tertiary/aromatic N) is 3. The molecule has 3 heterocycles. The van der Waals surface area contributed by atoms with Crippen LogP contribution in [0.2, 0.25) is 0 Å². The molecule has 0 amide bonds. The minimum Gasteiger partial charge on any atom is -0.338 e. The van der Waals surface area contributed by atoms with Crippen molar-refractivity contribution in [1.82, 2.24) is 14.8 Å². The normalized spacial score (nSPS) is 22.7. The smallest absolute Gasteiger partial charge is 0.267 e. The Balaban J connectivity index is 1.97. The van der Waals surface area contributed by atoms with Crippen molar-refractivity contribution in [3.63, 3.8) is 0 Å². The van der Waals surface area contributed by atoms with Gasteiger partial charge in [-0.1, -0.05) is 11.6 Å². The van der Waals surface area contributed by atoms with Crippen molar-refractivity contribution in [2.45, 2.75) is 37.5 Å². The molecule has 2 atom stereocenters. The summed E-state index contributed by atoms with van der Waals surface area (Å²) in [5.74, 6) is 0. The summed E-state index contributed by atoms with van der Waals surface area (Å²) >= 11 is 5.97. The molecule has 4 nitrogen and oxygen atoms in total. The third-order valence-corrected chi connectivity index (χ3v) is 3.73. The van der Waals surface area contributed by atoms with E-state index in [0.29, 0.717) is 12.0 Å². The van der Waals surface area contributed by atoms with Gasteiger partial charge in [-0.25, -0.2) is 13.5 Å². The first kappa shape index (κ1) is 14.4. The van der Waals surface area contributed by atoms with Crippen LogP contribution >= 0.6 is 11.6 Å². The lowest BCUT2D eigenvalue weighted by atomic mass is 10.1. The Morgan fingerprint density at radius 3 is 2.90 bits per heavy atom. The Bertz CT molecular complexity index is 606. The first-order valence-corrected chi connectivity index (χ1v) is 7.16. The lowest BCUT2D eigenvalue weighted by Crippen LogP contribution is -2.22. The minimum atomic E-state index is -2.61. The molecule has 1 fully saturated rings. The number of ether oxygens (including phenoxy) is 1. The quantitative estimate of drug-likeness (QED) is 0.799. The Hall–Kier alpha value is -1.53. The van der Waals surface area contributed by atoms with E-state index < -0.39 is 18.2 Å². The second kappa shape index (κ2) is 6.07. The average Bonchev–Trinajstić information content (AvgIpc) is 2.93. The van der Waals surface area contributed by atoms with Gasteiger partial charge in [0.25, 0.3) is 6.43 Å². The molecule has 21 heavy (non-hydrogen) atoms. The Morgan fingerprint density at radius 2 is 2.24 bits per heavy atom. The standard InChI is InChI=1S/C14H14ClF2N3O/c15-11-4-1-5-12(21-11)20-8-10(14(16)17)13(19-20)9-3-2-6-18-7-9/h2-3,6-8,11-12,14H,1,4-5H2. The van der Waals surface area contributed by atoms with Gasteiger partial charge in [0, 0.05) is 24.2 Å². The number of pyridine rings is 1. The topological polar surface area (TPSA) is 39.9 Å². The van der Waals surface area contributed by atoms with Gasteiger partial charge in [0.1, 0.15) is 11.3 Å². The average molecular weight is 314 g/mol. The zero-order valence-electron chi connectivity index (χ0n) is 11.1. The number of alkyl halides is 3. The fourth-order valence-corrected chi connectivity index (χ4v) is 2.67. The molecular weight excluding hydrogens is 300 g/mol. The van der Waals surface area contributed by atoms with Crippen LogP contribution in [0.3, 0.4) is 0 Å². The molecule has 1 saturated heterocycles. The molecule has 1 aliphatic rings. The van der Waals surface area contributed by atoms with Gasteiger partial charge in [-0.15, -0.1) is 0 Å². The third kappa shape index (κ3) is 3.06. The van der Waals surface area contributed by atoms with Crippen LogP contribution in [0.25, 0.3) is 11.3 Å². The highest BCUT2D eigenvalue weighted by Crippen LogP contribution is 2.34. The molecule has 7 heteroatoms. The predicted octanol–water partition coefficient (Wildman–Crippen LogP) is 4.15. The highest BCUT2D eigenvalue weighted by molar-refractivity contribution is 6.19. The second-order valence-electron chi connectivity index (χ2n) is 4.89. The number of hydrogen-bond donors (Lipinski definition) is 0. The number of rotatable bonds is 3. The summed E-state index contributed by atoms with van der Waals surface area (Å²) in [6.07, 6.45) is 3.79. The molecule has 2 aromatic rings. The lowest BCUT2D eigenvalue weighted by Gasteiger charge is -2.26. The van der Waals surface area contributed by atoms with E-state index in [2.05, 4.69) is 10.1 Å². The summed E-state index contributed by atoms with van der Waals surface area (Å²) in [7, 11) is 0. The van der Waals surface area contributed by atoms with Crippen molar-refractivity contribution in [1.29, 1.82) is 0 Å². The molecular formula is C14H14ClF2N3O. The summed E-state index contributed by atoms with van der Waals surface area (Å²) in [4.78, 5) is 3.95. The molecule has 0 spiro atoms. The summed E-state index contributed by atoms with van der Waals surface area (Å²) in [6, 6.07) is 3.40. The van der Waals surface area contributed by atoms with Crippen LogP contribution in [0.4, 0.5) is 8.78 Å². The van der Waals surface area contributed by atoms with Crippen LogP contribution in [0.15, 0.2) is 30.7 Å². The van der Waals surface area contributed by atoms with Gasteiger partial charge in [-0.05, 0) is 31.4 Å². The van der Waals surface area contributed by atoms with Crippen molar-refractivity contribution in [3.8, 4) is 11.3 Å². The Kier molecular flexibility index (Phi) is 4.17. The Labute approximate surface area is 125 Å². The summed E-state index contributed by atoms with van der Waals surface area (Å²) in [5.41, 5.74) is 0.274. The van der Waals surface area contributed by atoms with Crippen molar-refractivity contribution >= 4 is 11.6 Å². The van der Waals surface area contributed by atoms with E-state index in [-0.39, 0.29) is 11.3 Å². The van der Waals surface area contributed by atoms with Crippen LogP contribution in [-0.4, -0.2) is 20.3 Å². The molecule has 0 aliphatic carbocycles. The predicted molar refractivity (Wildman–Crippen MR) is 74.0 cm³/mol. The molecule has 2 aromatic heterocycles. The molecule has 0 bridgehead atoms. The molecule has 2 unspecified atom stereocenters. The van der Waals surface area contributed by atoms with Gasteiger partial charge in [-0.2, -0.15) is 5.10 Å². The number of aromatic nitrogens is 3. The van der Waals surface area contributed by atoms with E-state index in [4.69, 9.17) is 16.3 Å². The Morgan fingerprint density at radius 1 is 1.38 bits per heavy atom. The molecule has 0 radical (unpaired) electrons. The van der Waals surface area contributed by atoms with E-state index in [0.717, 1.165) is 12.8 Å². The van der Waals surface area contributed by atoms with Crippen molar-refractivity contribution in [2.24, 2.45) is 0 Å². The van der Waals surface area contributed by atoms with E-state index in [1.54, 1.807) is 18.3 Å². The van der Waals surface area contributed by atoms with Gasteiger partial charge in [0.05, 0.1) is 5.56 Å². The van der Waals surface area contributed by atoms with E-state index in [1.807, 2.05) is 0 Å². The molecule has 3 rings (SSSR count). The van der Waals surface area contributed by atoms with E-state index in [1.165, 1.54) is 17.1 Å². The zero-order valence-corrected chi connectivity index (χ0v) is 11.9. The third-order valence-electron chi connectivity index (χ3n) is 3.41. The molecule has 112 valence electrons.